The zero-order chi connectivity index (χ0) is 21.8. The predicted octanol–water partition coefficient (Wildman–Crippen LogP) is 5.30. The maximum atomic E-state index is 6.26. The fraction of sp³-hybridized carbons (Fsp3) is 0.231. The van der Waals surface area contributed by atoms with Gasteiger partial charge in [0.15, 0.2) is 0 Å². The standard InChI is InChI=1S/C26H25ClN4O/c27-23-14-8-7-13-22(23)26-29-28-24(32-26)19-30-15-17-31(18-16-30)25(20-9-3-1-4-10-20)21-11-5-2-6-12-21/h1-14,25H,15-19H2. The molecule has 6 heteroatoms. The van der Waals surface area contributed by atoms with Gasteiger partial charge in [0.25, 0.3) is 0 Å². The summed E-state index contributed by atoms with van der Waals surface area (Å²) in [5, 5.41) is 9.06. The Morgan fingerprint density at radius 2 is 1.34 bits per heavy atom. The lowest BCUT2D eigenvalue weighted by Crippen LogP contribution is -2.47. The fourth-order valence-corrected chi connectivity index (χ4v) is 4.53. The highest BCUT2D eigenvalue weighted by Crippen LogP contribution is 2.30. The fourth-order valence-electron chi connectivity index (χ4n) is 4.32. The molecule has 0 spiro atoms. The van der Waals surface area contributed by atoms with Gasteiger partial charge in [-0.25, -0.2) is 0 Å². The quantitative estimate of drug-likeness (QED) is 0.404. The molecule has 1 fully saturated rings. The molecule has 32 heavy (non-hydrogen) atoms. The molecule has 0 amide bonds. The van der Waals surface area contributed by atoms with Crippen LogP contribution in [0.25, 0.3) is 11.5 Å². The molecule has 5 rings (SSSR count). The van der Waals surface area contributed by atoms with Gasteiger partial charge < -0.3 is 4.42 Å². The monoisotopic (exact) mass is 444 g/mol. The Morgan fingerprint density at radius 3 is 1.97 bits per heavy atom. The van der Waals surface area contributed by atoms with Gasteiger partial charge in [-0.05, 0) is 23.3 Å². The third-order valence-electron chi connectivity index (χ3n) is 5.93. The lowest BCUT2D eigenvalue weighted by Gasteiger charge is -2.39. The molecular weight excluding hydrogens is 420 g/mol. The smallest absolute Gasteiger partial charge is 0.249 e. The minimum atomic E-state index is 0.259. The van der Waals surface area contributed by atoms with Gasteiger partial charge in [0.1, 0.15) is 0 Å². The Bertz CT molecular complexity index is 1100. The average Bonchev–Trinajstić information content (AvgIpc) is 3.30. The second kappa shape index (κ2) is 9.65. The lowest BCUT2D eigenvalue weighted by atomic mass is 9.96. The first-order valence-corrected chi connectivity index (χ1v) is 11.3. The summed E-state index contributed by atoms with van der Waals surface area (Å²) in [6, 6.07) is 29.3. The van der Waals surface area contributed by atoms with Crippen LogP contribution < -0.4 is 0 Å². The number of benzene rings is 3. The highest BCUT2D eigenvalue weighted by Gasteiger charge is 2.27. The van der Waals surface area contributed by atoms with E-state index >= 15 is 0 Å². The summed E-state index contributed by atoms with van der Waals surface area (Å²) in [6.07, 6.45) is 0. The molecule has 0 unspecified atom stereocenters. The molecule has 0 bridgehead atoms. The van der Waals surface area contributed by atoms with Gasteiger partial charge in [-0.15, -0.1) is 10.2 Å². The van der Waals surface area contributed by atoms with Crippen molar-refractivity contribution in [1.82, 2.24) is 20.0 Å². The third kappa shape index (κ3) is 4.60. The summed E-state index contributed by atoms with van der Waals surface area (Å²) in [5.74, 6) is 1.09. The van der Waals surface area contributed by atoms with Crippen LogP contribution in [0.5, 0.6) is 0 Å². The Kier molecular flexibility index (Phi) is 6.30. The summed E-state index contributed by atoms with van der Waals surface area (Å²) in [4.78, 5) is 4.93. The van der Waals surface area contributed by atoms with E-state index in [-0.39, 0.29) is 6.04 Å². The maximum Gasteiger partial charge on any atom is 0.249 e. The molecule has 3 aromatic carbocycles. The second-order valence-electron chi connectivity index (χ2n) is 8.02. The molecule has 1 aromatic heterocycles. The van der Waals surface area contributed by atoms with E-state index in [0.29, 0.717) is 23.3 Å². The molecule has 5 nitrogen and oxygen atoms in total. The van der Waals surface area contributed by atoms with E-state index in [1.165, 1.54) is 11.1 Å². The molecule has 4 aromatic rings. The normalized spacial score (nSPS) is 15.3. The van der Waals surface area contributed by atoms with Gasteiger partial charge >= 0.3 is 0 Å². The van der Waals surface area contributed by atoms with Gasteiger partial charge in [0.05, 0.1) is 23.2 Å². The van der Waals surface area contributed by atoms with E-state index in [0.717, 1.165) is 31.7 Å². The van der Waals surface area contributed by atoms with Crippen molar-refractivity contribution in [3.8, 4) is 11.5 Å². The number of aromatic nitrogens is 2. The number of nitrogens with zero attached hydrogens (tertiary/aromatic N) is 4. The van der Waals surface area contributed by atoms with E-state index in [2.05, 4.69) is 80.7 Å². The van der Waals surface area contributed by atoms with Crippen molar-refractivity contribution in [2.75, 3.05) is 26.2 Å². The highest BCUT2D eigenvalue weighted by atomic mass is 35.5. The average molecular weight is 445 g/mol. The Balaban J connectivity index is 1.26. The van der Waals surface area contributed by atoms with E-state index in [9.17, 15) is 0 Å². The SMILES string of the molecule is Clc1ccccc1-c1nnc(CN2CCN(C(c3ccccc3)c3ccccc3)CC2)o1. The van der Waals surface area contributed by atoms with Crippen molar-refractivity contribution in [1.29, 1.82) is 0 Å². The molecule has 2 heterocycles. The van der Waals surface area contributed by atoms with Crippen molar-refractivity contribution < 1.29 is 4.42 Å². The van der Waals surface area contributed by atoms with Crippen LogP contribution in [0.1, 0.15) is 23.1 Å². The summed E-state index contributed by atoms with van der Waals surface area (Å²) < 4.78 is 5.90. The summed E-state index contributed by atoms with van der Waals surface area (Å²) in [7, 11) is 0. The van der Waals surface area contributed by atoms with E-state index in [4.69, 9.17) is 16.0 Å². The van der Waals surface area contributed by atoms with Crippen LogP contribution in [0.4, 0.5) is 0 Å². The molecule has 0 saturated carbocycles. The number of halogens is 1. The van der Waals surface area contributed by atoms with Crippen LogP contribution in [0, 0.1) is 0 Å². The van der Waals surface area contributed by atoms with Crippen molar-refractivity contribution >= 4 is 11.6 Å². The predicted molar refractivity (Wildman–Crippen MR) is 126 cm³/mol. The van der Waals surface area contributed by atoms with Crippen molar-refractivity contribution in [2.24, 2.45) is 0 Å². The van der Waals surface area contributed by atoms with Crippen LogP contribution in [-0.2, 0) is 6.54 Å². The topological polar surface area (TPSA) is 45.4 Å². The molecule has 0 atom stereocenters. The number of rotatable bonds is 6. The molecule has 162 valence electrons. The maximum absolute atomic E-state index is 6.26. The summed E-state index contributed by atoms with van der Waals surface area (Å²) in [6.45, 7) is 4.48. The van der Waals surface area contributed by atoms with E-state index in [1.807, 2.05) is 24.3 Å². The molecule has 1 saturated heterocycles. The van der Waals surface area contributed by atoms with Gasteiger partial charge in [-0.3, -0.25) is 9.80 Å². The third-order valence-corrected chi connectivity index (χ3v) is 6.26. The van der Waals surface area contributed by atoms with Crippen LogP contribution in [0.15, 0.2) is 89.3 Å². The van der Waals surface area contributed by atoms with Crippen LogP contribution in [-0.4, -0.2) is 46.2 Å². The van der Waals surface area contributed by atoms with Crippen molar-refractivity contribution in [3.05, 3.63) is 107 Å². The van der Waals surface area contributed by atoms with Gasteiger partial charge in [-0.1, -0.05) is 84.4 Å². The molecule has 0 N–H and O–H groups in total. The Hall–Kier alpha value is -2.99. The molecule has 0 aliphatic carbocycles. The van der Waals surface area contributed by atoms with E-state index < -0.39 is 0 Å². The highest BCUT2D eigenvalue weighted by molar-refractivity contribution is 6.33. The largest absolute Gasteiger partial charge is 0.419 e. The number of piperazine rings is 1. The zero-order valence-electron chi connectivity index (χ0n) is 17.8. The molecule has 0 radical (unpaired) electrons. The van der Waals surface area contributed by atoms with Crippen molar-refractivity contribution in [3.63, 3.8) is 0 Å². The zero-order valence-corrected chi connectivity index (χ0v) is 18.5. The summed E-state index contributed by atoms with van der Waals surface area (Å²) >= 11 is 6.26. The minimum Gasteiger partial charge on any atom is -0.419 e. The minimum absolute atomic E-state index is 0.259. The van der Waals surface area contributed by atoms with Crippen LogP contribution >= 0.6 is 11.6 Å². The Labute approximate surface area is 193 Å². The molecule has 1 aliphatic rings. The summed E-state index contributed by atoms with van der Waals surface area (Å²) in [5.41, 5.74) is 3.42. The van der Waals surface area contributed by atoms with Crippen LogP contribution in [0.3, 0.4) is 0 Å². The van der Waals surface area contributed by atoms with Gasteiger partial charge in [0.2, 0.25) is 11.8 Å². The first kappa shape index (κ1) is 20.9. The van der Waals surface area contributed by atoms with Crippen LogP contribution in [0.2, 0.25) is 5.02 Å². The lowest BCUT2D eigenvalue weighted by molar-refractivity contribution is 0.0986. The number of hydrogen-bond acceptors (Lipinski definition) is 5. The molecule has 1 aliphatic heterocycles. The van der Waals surface area contributed by atoms with Crippen molar-refractivity contribution in [2.45, 2.75) is 12.6 Å². The van der Waals surface area contributed by atoms with E-state index in [1.54, 1.807) is 0 Å². The first-order chi connectivity index (χ1) is 15.8. The first-order valence-electron chi connectivity index (χ1n) is 10.9. The van der Waals surface area contributed by atoms with Gasteiger partial charge in [-0.2, -0.15) is 0 Å². The molecular formula is C26H25ClN4O. The van der Waals surface area contributed by atoms with Gasteiger partial charge in [0, 0.05) is 26.2 Å². The number of hydrogen-bond donors (Lipinski definition) is 0. The second-order valence-corrected chi connectivity index (χ2v) is 8.42. The Morgan fingerprint density at radius 1 is 0.750 bits per heavy atom.